The van der Waals surface area contributed by atoms with Gasteiger partial charge in [0, 0.05) is 32.2 Å². The Morgan fingerprint density at radius 1 is 1.43 bits per heavy atom. The predicted molar refractivity (Wildman–Crippen MR) is 72.7 cm³/mol. The van der Waals surface area contributed by atoms with Crippen molar-refractivity contribution in [1.82, 2.24) is 15.5 Å². The van der Waals surface area contributed by atoms with E-state index in [1.54, 1.807) is 6.92 Å². The van der Waals surface area contributed by atoms with Crippen LogP contribution in [0.2, 0.25) is 0 Å². The minimum atomic E-state index is -0.923. The summed E-state index contributed by atoms with van der Waals surface area (Å²) >= 11 is 0. The molecule has 2 N–H and O–H groups in total. The summed E-state index contributed by atoms with van der Waals surface area (Å²) in [6.07, 6.45) is 0. The Bertz CT molecular complexity index is 551. The molecule has 0 saturated carbocycles. The molecule has 2 amide bonds. The van der Waals surface area contributed by atoms with Crippen LogP contribution in [0.15, 0.2) is 18.2 Å². The largest absolute Gasteiger partial charge is 0.355 e. The molecular weight excluding hydrogens is 280 g/mol. The highest BCUT2D eigenvalue weighted by molar-refractivity contribution is 5.98. The van der Waals surface area contributed by atoms with Crippen LogP contribution in [0.1, 0.15) is 17.3 Å². The van der Waals surface area contributed by atoms with Crippen molar-refractivity contribution in [2.24, 2.45) is 0 Å². The van der Waals surface area contributed by atoms with Gasteiger partial charge in [-0.15, -0.1) is 0 Å². The highest BCUT2D eigenvalue weighted by Crippen LogP contribution is 2.15. The second kappa shape index (κ2) is 6.62. The third-order valence-electron chi connectivity index (χ3n) is 3.32. The Balaban J connectivity index is 2.24. The van der Waals surface area contributed by atoms with Crippen LogP contribution in [-0.2, 0) is 4.79 Å². The quantitative estimate of drug-likeness (QED) is 0.855. The number of halogens is 2. The molecule has 7 heteroatoms. The van der Waals surface area contributed by atoms with Crippen LogP contribution in [0.3, 0.4) is 0 Å². The molecule has 1 heterocycles. The lowest BCUT2D eigenvalue weighted by molar-refractivity contribution is -0.126. The molecule has 1 fully saturated rings. The number of hydrogen-bond donors (Lipinski definition) is 2. The second-order valence-electron chi connectivity index (χ2n) is 4.74. The number of carbonyl (C=O) groups is 2. The molecule has 0 aromatic heterocycles. The lowest BCUT2D eigenvalue weighted by atomic mass is 10.1. The van der Waals surface area contributed by atoms with Crippen LogP contribution < -0.4 is 10.6 Å². The first-order valence-corrected chi connectivity index (χ1v) is 6.79. The molecule has 0 bridgehead atoms. The Labute approximate surface area is 121 Å². The number of nitrogens with zero attached hydrogens (tertiary/aromatic N) is 1. The van der Waals surface area contributed by atoms with Gasteiger partial charge < -0.3 is 15.5 Å². The Morgan fingerprint density at radius 3 is 2.86 bits per heavy atom. The van der Waals surface area contributed by atoms with E-state index < -0.39 is 23.6 Å². The van der Waals surface area contributed by atoms with Crippen LogP contribution in [0.25, 0.3) is 0 Å². The van der Waals surface area contributed by atoms with E-state index in [0.29, 0.717) is 25.7 Å². The van der Waals surface area contributed by atoms with Gasteiger partial charge in [-0.05, 0) is 19.1 Å². The van der Waals surface area contributed by atoms with E-state index in [2.05, 4.69) is 10.6 Å². The van der Waals surface area contributed by atoms with E-state index in [0.717, 1.165) is 12.1 Å². The number of rotatable bonds is 3. The average Bonchev–Trinajstić information content (AvgIpc) is 2.47. The first-order valence-electron chi connectivity index (χ1n) is 6.79. The van der Waals surface area contributed by atoms with Crippen LogP contribution in [0.5, 0.6) is 0 Å². The zero-order valence-corrected chi connectivity index (χ0v) is 11.7. The monoisotopic (exact) mass is 297 g/mol. The van der Waals surface area contributed by atoms with E-state index >= 15 is 0 Å². The maximum atomic E-state index is 13.7. The fourth-order valence-electron chi connectivity index (χ4n) is 2.29. The highest BCUT2D eigenvalue weighted by atomic mass is 19.1. The molecule has 1 aliphatic heterocycles. The number of likely N-dealkylation sites (N-methyl/N-ethyl adjacent to an activating group) is 1. The third-order valence-corrected chi connectivity index (χ3v) is 3.32. The van der Waals surface area contributed by atoms with Gasteiger partial charge in [0.25, 0.3) is 5.91 Å². The molecule has 0 radical (unpaired) electrons. The van der Waals surface area contributed by atoms with Crippen LogP contribution in [-0.4, -0.2) is 48.9 Å². The summed E-state index contributed by atoms with van der Waals surface area (Å²) in [5.41, 5.74) is -0.229. The summed E-state index contributed by atoms with van der Waals surface area (Å²) in [6, 6.07) is 2.09. The summed E-state index contributed by atoms with van der Waals surface area (Å²) in [5, 5.41) is 5.67. The van der Waals surface area contributed by atoms with Crippen molar-refractivity contribution in [3.63, 3.8) is 0 Å². The first kappa shape index (κ1) is 15.4. The second-order valence-corrected chi connectivity index (χ2v) is 4.74. The molecular formula is C14H17F2N3O2. The van der Waals surface area contributed by atoms with Gasteiger partial charge in [-0.25, -0.2) is 8.78 Å². The Morgan fingerprint density at radius 2 is 2.19 bits per heavy atom. The molecule has 1 atom stereocenters. The summed E-state index contributed by atoms with van der Waals surface area (Å²) < 4.78 is 26.6. The Hall–Kier alpha value is -2.02. The van der Waals surface area contributed by atoms with E-state index in [9.17, 15) is 18.4 Å². The number of carbonyl (C=O) groups excluding carboxylic acids is 2. The van der Waals surface area contributed by atoms with Gasteiger partial charge in [-0.3, -0.25) is 9.59 Å². The van der Waals surface area contributed by atoms with Crippen LogP contribution in [0.4, 0.5) is 8.78 Å². The molecule has 0 spiro atoms. The molecule has 1 aliphatic rings. The Kier molecular flexibility index (Phi) is 4.85. The maximum absolute atomic E-state index is 13.7. The minimum absolute atomic E-state index is 0.229. The average molecular weight is 297 g/mol. The molecule has 114 valence electrons. The van der Waals surface area contributed by atoms with Crippen molar-refractivity contribution >= 4 is 11.8 Å². The minimum Gasteiger partial charge on any atom is -0.355 e. The molecule has 0 aliphatic carbocycles. The highest BCUT2D eigenvalue weighted by Gasteiger charge is 2.33. The number of nitrogens with one attached hydrogen (secondary N) is 2. The zero-order valence-electron chi connectivity index (χ0n) is 11.7. The van der Waals surface area contributed by atoms with Crippen molar-refractivity contribution in [3.05, 3.63) is 35.4 Å². The number of piperazine rings is 1. The van der Waals surface area contributed by atoms with Crippen molar-refractivity contribution in [2.45, 2.75) is 13.0 Å². The molecule has 1 aromatic carbocycles. The van der Waals surface area contributed by atoms with Gasteiger partial charge >= 0.3 is 0 Å². The normalized spacial score (nSPS) is 18.4. The van der Waals surface area contributed by atoms with Crippen molar-refractivity contribution in [2.75, 3.05) is 26.2 Å². The SMILES string of the molecule is CCNC(=O)C1CNCCN1C(=O)c1ccc(F)cc1F. The fourth-order valence-corrected chi connectivity index (χ4v) is 2.29. The van der Waals surface area contributed by atoms with Gasteiger partial charge in [-0.2, -0.15) is 0 Å². The fraction of sp³-hybridized carbons (Fsp3) is 0.429. The zero-order chi connectivity index (χ0) is 15.4. The molecule has 1 unspecified atom stereocenters. The van der Waals surface area contributed by atoms with E-state index in [-0.39, 0.29) is 18.0 Å². The van der Waals surface area contributed by atoms with E-state index in [1.165, 1.54) is 4.90 Å². The summed E-state index contributed by atoms with van der Waals surface area (Å²) in [6.45, 7) is 3.34. The van der Waals surface area contributed by atoms with Crippen molar-refractivity contribution in [1.29, 1.82) is 0 Å². The van der Waals surface area contributed by atoms with Gasteiger partial charge in [0.1, 0.15) is 17.7 Å². The molecule has 1 aromatic rings. The summed E-state index contributed by atoms with van der Waals surface area (Å²) in [4.78, 5) is 25.7. The van der Waals surface area contributed by atoms with Gasteiger partial charge in [-0.1, -0.05) is 0 Å². The standard InChI is InChI=1S/C14H17F2N3O2/c1-2-18-13(20)12-8-17-5-6-19(12)14(21)10-4-3-9(15)7-11(10)16/h3-4,7,12,17H,2,5-6,8H2,1H3,(H,18,20). The number of benzene rings is 1. The van der Waals surface area contributed by atoms with Crippen LogP contribution in [0, 0.1) is 11.6 Å². The van der Waals surface area contributed by atoms with Gasteiger partial charge in [0.15, 0.2) is 0 Å². The molecule has 21 heavy (non-hydrogen) atoms. The lowest BCUT2D eigenvalue weighted by Crippen LogP contribution is -2.59. The number of hydrogen-bond acceptors (Lipinski definition) is 3. The van der Waals surface area contributed by atoms with Gasteiger partial charge in [0.2, 0.25) is 5.91 Å². The maximum Gasteiger partial charge on any atom is 0.257 e. The smallest absolute Gasteiger partial charge is 0.257 e. The summed E-state index contributed by atoms with van der Waals surface area (Å²) in [7, 11) is 0. The summed E-state index contributed by atoms with van der Waals surface area (Å²) in [5.74, 6) is -2.57. The molecule has 5 nitrogen and oxygen atoms in total. The van der Waals surface area contributed by atoms with Gasteiger partial charge in [0.05, 0.1) is 5.56 Å². The first-order chi connectivity index (χ1) is 10.0. The molecule has 2 rings (SSSR count). The molecule has 1 saturated heterocycles. The van der Waals surface area contributed by atoms with Crippen molar-refractivity contribution < 1.29 is 18.4 Å². The van der Waals surface area contributed by atoms with E-state index in [4.69, 9.17) is 0 Å². The number of amides is 2. The lowest BCUT2D eigenvalue weighted by Gasteiger charge is -2.35. The third kappa shape index (κ3) is 3.36. The van der Waals surface area contributed by atoms with Crippen LogP contribution >= 0.6 is 0 Å². The predicted octanol–water partition coefficient (Wildman–Crippen LogP) is 0.515. The topological polar surface area (TPSA) is 61.4 Å². The van der Waals surface area contributed by atoms with Crippen molar-refractivity contribution in [3.8, 4) is 0 Å². The van der Waals surface area contributed by atoms with E-state index in [1.807, 2.05) is 0 Å².